The molecule has 4 N–H and O–H groups in total. The maximum atomic E-state index is 11.6. The van der Waals surface area contributed by atoms with Crippen molar-refractivity contribution in [2.75, 3.05) is 36.1 Å². The average molecular weight is 499 g/mol. The third-order valence-corrected chi connectivity index (χ3v) is 9.81. The maximum absolute atomic E-state index is 11.6. The number of sulfone groups is 2. The highest BCUT2D eigenvalue weighted by atomic mass is 32.2. The second-order valence-electron chi connectivity index (χ2n) is 8.98. The minimum Gasteiger partial charge on any atom is -0.363 e. The molecule has 0 saturated carbocycles. The van der Waals surface area contributed by atoms with E-state index in [0.29, 0.717) is 23.1 Å². The summed E-state index contributed by atoms with van der Waals surface area (Å²) in [5.74, 6) is 0.676. The van der Waals surface area contributed by atoms with Gasteiger partial charge in [0, 0.05) is 13.1 Å². The fourth-order valence-corrected chi connectivity index (χ4v) is 8.75. The van der Waals surface area contributed by atoms with E-state index >= 15 is 0 Å². The monoisotopic (exact) mass is 498 g/mol. The van der Waals surface area contributed by atoms with E-state index in [4.69, 9.17) is 24.4 Å². The van der Waals surface area contributed by atoms with Crippen molar-refractivity contribution < 1.29 is 16.8 Å². The molecule has 0 aromatic carbocycles. The molecule has 2 atom stereocenters. The van der Waals surface area contributed by atoms with Crippen molar-refractivity contribution in [3.63, 3.8) is 0 Å². The molecular weight excluding hydrogens is 464 g/mol. The van der Waals surface area contributed by atoms with Gasteiger partial charge in [-0.2, -0.15) is 0 Å². The van der Waals surface area contributed by atoms with E-state index in [-0.39, 0.29) is 23.0 Å². The van der Waals surface area contributed by atoms with Crippen LogP contribution in [0.25, 0.3) is 0 Å². The standard InChI is InChI=1S/C18H34N4O4S4/c1-17(7-11-29(23,24)13-17)21-15(27)19-9-5-3-4-6-10-20-16(28)22-18(2)8-12-30(25,26)14-18/h3-14H2,1-2H3,(H2,19,21,27)(H2,20,22,28)/t17-,18-/m0/s1. The van der Waals surface area contributed by atoms with Crippen molar-refractivity contribution >= 4 is 54.3 Å². The van der Waals surface area contributed by atoms with Crippen molar-refractivity contribution in [2.24, 2.45) is 0 Å². The van der Waals surface area contributed by atoms with Gasteiger partial charge in [-0.1, -0.05) is 12.8 Å². The number of hydrogen-bond donors (Lipinski definition) is 4. The zero-order chi connectivity index (χ0) is 22.5. The SMILES string of the molecule is C[C@]1(NC(=S)NCCCCCCNC(=S)N[C@@]2(C)CCS(=O)(=O)C2)CCS(=O)(=O)C1. The van der Waals surface area contributed by atoms with Crippen molar-refractivity contribution in [1.29, 1.82) is 0 Å². The Labute approximate surface area is 191 Å². The van der Waals surface area contributed by atoms with E-state index < -0.39 is 30.8 Å². The Balaban J connectivity index is 1.48. The highest BCUT2D eigenvalue weighted by Crippen LogP contribution is 2.23. The van der Waals surface area contributed by atoms with Gasteiger partial charge in [-0.05, 0) is 64.0 Å². The molecule has 2 heterocycles. The highest BCUT2D eigenvalue weighted by molar-refractivity contribution is 7.92. The first kappa shape index (κ1) is 25.5. The molecule has 0 unspecified atom stereocenters. The summed E-state index contributed by atoms with van der Waals surface area (Å²) in [7, 11) is -5.91. The fraction of sp³-hybridized carbons (Fsp3) is 0.889. The summed E-state index contributed by atoms with van der Waals surface area (Å²) in [5.41, 5.74) is -0.943. The lowest BCUT2D eigenvalue weighted by Crippen LogP contribution is -2.51. The van der Waals surface area contributed by atoms with Crippen molar-refractivity contribution in [3.8, 4) is 0 Å². The first-order valence-corrected chi connectivity index (χ1v) is 14.8. The molecule has 0 aromatic heterocycles. The van der Waals surface area contributed by atoms with Gasteiger partial charge in [0.25, 0.3) is 0 Å². The molecule has 2 aliphatic heterocycles. The number of unbranched alkanes of at least 4 members (excludes halogenated alkanes) is 3. The van der Waals surface area contributed by atoms with Crippen LogP contribution in [-0.2, 0) is 19.7 Å². The molecular formula is C18H34N4O4S4. The molecule has 2 saturated heterocycles. The third-order valence-electron chi connectivity index (χ3n) is 5.51. The molecule has 2 fully saturated rings. The molecule has 0 radical (unpaired) electrons. The van der Waals surface area contributed by atoms with Crippen LogP contribution in [-0.4, -0.2) is 74.2 Å². The predicted molar refractivity (Wildman–Crippen MR) is 129 cm³/mol. The summed E-state index contributed by atoms with van der Waals surface area (Å²) in [5, 5.41) is 13.6. The minimum atomic E-state index is -2.96. The molecule has 12 heteroatoms. The van der Waals surface area contributed by atoms with E-state index in [2.05, 4.69) is 21.3 Å². The summed E-state index contributed by atoms with van der Waals surface area (Å²) >= 11 is 10.6. The number of thiocarbonyl (C=S) groups is 2. The van der Waals surface area contributed by atoms with E-state index in [1.165, 1.54) is 0 Å². The van der Waals surface area contributed by atoms with Crippen molar-refractivity contribution in [3.05, 3.63) is 0 Å². The van der Waals surface area contributed by atoms with Crippen LogP contribution in [0.1, 0.15) is 52.4 Å². The summed E-state index contributed by atoms with van der Waals surface area (Å²) in [4.78, 5) is 0. The summed E-state index contributed by atoms with van der Waals surface area (Å²) in [6.45, 7) is 5.28. The van der Waals surface area contributed by atoms with Gasteiger partial charge < -0.3 is 21.3 Å². The lowest BCUT2D eigenvalue weighted by molar-refractivity contribution is 0.465. The van der Waals surface area contributed by atoms with Gasteiger partial charge in [-0.25, -0.2) is 16.8 Å². The van der Waals surface area contributed by atoms with Crippen LogP contribution >= 0.6 is 24.4 Å². The number of rotatable bonds is 9. The Hall–Kier alpha value is -0.720. The third kappa shape index (κ3) is 8.80. The van der Waals surface area contributed by atoms with Gasteiger partial charge in [0.05, 0.1) is 34.1 Å². The van der Waals surface area contributed by atoms with Crippen molar-refractivity contribution in [1.82, 2.24) is 21.3 Å². The smallest absolute Gasteiger partial charge is 0.166 e. The quantitative estimate of drug-likeness (QED) is 0.266. The first-order valence-electron chi connectivity index (χ1n) is 10.4. The molecule has 8 nitrogen and oxygen atoms in total. The minimum absolute atomic E-state index is 0.125. The van der Waals surface area contributed by atoms with Gasteiger partial charge in [0.2, 0.25) is 0 Å². The molecule has 174 valence electrons. The molecule has 0 bridgehead atoms. The van der Waals surface area contributed by atoms with E-state index in [0.717, 1.165) is 38.8 Å². The Kier molecular flexibility index (Phi) is 8.74. The van der Waals surface area contributed by atoms with E-state index in [1.807, 2.05) is 13.8 Å². The van der Waals surface area contributed by atoms with Crippen LogP contribution in [0.15, 0.2) is 0 Å². The van der Waals surface area contributed by atoms with Crippen molar-refractivity contribution in [2.45, 2.75) is 63.5 Å². The first-order chi connectivity index (χ1) is 13.8. The van der Waals surface area contributed by atoms with Crippen LogP contribution < -0.4 is 21.3 Å². The second-order valence-corrected chi connectivity index (χ2v) is 14.2. The van der Waals surface area contributed by atoms with Gasteiger partial charge in [-0.15, -0.1) is 0 Å². The number of hydrogen-bond acceptors (Lipinski definition) is 6. The topological polar surface area (TPSA) is 116 Å². The zero-order valence-corrected chi connectivity index (χ0v) is 21.0. The molecule has 2 rings (SSSR count). The van der Waals surface area contributed by atoms with Crippen LogP contribution in [0.4, 0.5) is 0 Å². The summed E-state index contributed by atoms with van der Waals surface area (Å²) in [6.07, 6.45) is 5.18. The Morgan fingerprint density at radius 1 is 0.733 bits per heavy atom. The zero-order valence-electron chi connectivity index (χ0n) is 17.8. The number of nitrogens with one attached hydrogen (secondary N) is 4. The molecule has 2 aliphatic rings. The lowest BCUT2D eigenvalue weighted by Gasteiger charge is -2.26. The van der Waals surface area contributed by atoms with Gasteiger partial charge >= 0.3 is 0 Å². The second kappa shape index (κ2) is 10.3. The van der Waals surface area contributed by atoms with Gasteiger partial charge in [0.1, 0.15) is 0 Å². The summed E-state index contributed by atoms with van der Waals surface area (Å²) < 4.78 is 46.6. The van der Waals surface area contributed by atoms with Crippen LogP contribution in [0, 0.1) is 0 Å². The summed E-state index contributed by atoms with van der Waals surface area (Å²) in [6, 6.07) is 0. The molecule has 0 spiro atoms. The highest BCUT2D eigenvalue weighted by Gasteiger charge is 2.39. The van der Waals surface area contributed by atoms with Crippen LogP contribution in [0.5, 0.6) is 0 Å². The molecule has 0 aliphatic carbocycles. The van der Waals surface area contributed by atoms with Crippen LogP contribution in [0.3, 0.4) is 0 Å². The maximum Gasteiger partial charge on any atom is 0.166 e. The molecule has 0 amide bonds. The average Bonchev–Trinajstić information content (AvgIpc) is 3.03. The fourth-order valence-electron chi connectivity index (χ4n) is 3.86. The lowest BCUT2D eigenvalue weighted by atomic mass is 10.0. The Morgan fingerprint density at radius 3 is 1.40 bits per heavy atom. The van der Waals surface area contributed by atoms with Gasteiger partial charge in [-0.3, -0.25) is 0 Å². The Morgan fingerprint density at radius 2 is 1.10 bits per heavy atom. The Bertz CT molecular complexity index is 776. The van der Waals surface area contributed by atoms with Gasteiger partial charge in [0.15, 0.2) is 29.9 Å². The normalized spacial score (nSPS) is 29.3. The molecule has 30 heavy (non-hydrogen) atoms. The van der Waals surface area contributed by atoms with E-state index in [1.54, 1.807) is 0 Å². The largest absolute Gasteiger partial charge is 0.363 e. The van der Waals surface area contributed by atoms with Crippen LogP contribution in [0.2, 0.25) is 0 Å². The molecule has 0 aromatic rings. The van der Waals surface area contributed by atoms with E-state index in [9.17, 15) is 16.8 Å². The predicted octanol–water partition coefficient (Wildman–Crippen LogP) is 0.629.